The number of nitrogens with one attached hydrogen (secondary N) is 1. The number of hydrogen-bond acceptors (Lipinski definition) is 3. The molecule has 0 heterocycles. The summed E-state index contributed by atoms with van der Waals surface area (Å²) in [6.45, 7) is 3.69. The van der Waals surface area contributed by atoms with Crippen molar-refractivity contribution in [3.05, 3.63) is 0 Å². The molecule has 1 aliphatic rings. The quantitative estimate of drug-likeness (QED) is 0.664. The molecule has 0 aliphatic heterocycles. The summed E-state index contributed by atoms with van der Waals surface area (Å²) in [6.07, 6.45) is 4.98. The molecule has 0 bridgehead atoms. The van der Waals surface area contributed by atoms with E-state index in [4.69, 9.17) is 10.8 Å². The summed E-state index contributed by atoms with van der Waals surface area (Å²) in [5.41, 5.74) is 5.71. The van der Waals surface area contributed by atoms with Gasteiger partial charge in [0.25, 0.3) is 0 Å². The Morgan fingerprint density at radius 1 is 1.33 bits per heavy atom. The van der Waals surface area contributed by atoms with Gasteiger partial charge in [-0.15, -0.1) is 0 Å². The minimum absolute atomic E-state index is 0.00549. The smallest absolute Gasteiger partial charge is 0.326 e. The van der Waals surface area contributed by atoms with Gasteiger partial charge in [-0.3, -0.25) is 4.79 Å². The van der Waals surface area contributed by atoms with Crippen LogP contribution in [0.25, 0.3) is 0 Å². The molecule has 18 heavy (non-hydrogen) atoms. The third kappa shape index (κ3) is 4.29. The van der Waals surface area contributed by atoms with Crippen LogP contribution in [-0.2, 0) is 9.59 Å². The summed E-state index contributed by atoms with van der Waals surface area (Å²) in [7, 11) is 0. The first-order valence-electron chi connectivity index (χ1n) is 6.70. The highest BCUT2D eigenvalue weighted by Crippen LogP contribution is 2.28. The fraction of sp³-hybridized carbons (Fsp3) is 0.846. The van der Waals surface area contributed by atoms with Gasteiger partial charge in [-0.05, 0) is 18.3 Å². The largest absolute Gasteiger partial charge is 0.480 e. The van der Waals surface area contributed by atoms with Gasteiger partial charge in [-0.2, -0.15) is 0 Å². The molecule has 4 N–H and O–H groups in total. The molecule has 2 atom stereocenters. The molecule has 0 unspecified atom stereocenters. The molecular weight excluding hydrogens is 232 g/mol. The summed E-state index contributed by atoms with van der Waals surface area (Å²) in [4.78, 5) is 22.9. The highest BCUT2D eigenvalue weighted by atomic mass is 16.4. The Morgan fingerprint density at radius 3 is 2.33 bits per heavy atom. The van der Waals surface area contributed by atoms with Gasteiger partial charge in [0.15, 0.2) is 0 Å². The molecule has 1 amide bonds. The van der Waals surface area contributed by atoms with E-state index < -0.39 is 18.1 Å². The molecule has 1 rings (SSSR count). The van der Waals surface area contributed by atoms with Crippen LogP contribution in [0.5, 0.6) is 0 Å². The molecule has 0 aromatic heterocycles. The van der Waals surface area contributed by atoms with Gasteiger partial charge in [-0.25, -0.2) is 4.79 Å². The number of aliphatic carboxylic acids is 1. The summed E-state index contributed by atoms with van der Waals surface area (Å²) >= 11 is 0. The van der Waals surface area contributed by atoms with Gasteiger partial charge in [-0.1, -0.05) is 39.5 Å². The van der Waals surface area contributed by atoms with Gasteiger partial charge in [0.1, 0.15) is 6.04 Å². The molecule has 1 saturated carbocycles. The molecule has 0 aromatic rings. The van der Waals surface area contributed by atoms with Crippen molar-refractivity contribution in [2.24, 2.45) is 17.6 Å². The zero-order valence-corrected chi connectivity index (χ0v) is 11.2. The van der Waals surface area contributed by atoms with Gasteiger partial charge in [0, 0.05) is 0 Å². The van der Waals surface area contributed by atoms with E-state index in [2.05, 4.69) is 5.32 Å². The average molecular weight is 256 g/mol. The van der Waals surface area contributed by atoms with E-state index >= 15 is 0 Å². The number of hydrogen-bond donors (Lipinski definition) is 3. The Kier molecular flexibility index (Phi) is 5.59. The third-order valence-electron chi connectivity index (χ3n) is 3.68. The van der Waals surface area contributed by atoms with Crippen molar-refractivity contribution in [1.29, 1.82) is 0 Å². The van der Waals surface area contributed by atoms with Crippen LogP contribution in [0.4, 0.5) is 0 Å². The van der Waals surface area contributed by atoms with Crippen molar-refractivity contribution in [3.63, 3.8) is 0 Å². The fourth-order valence-electron chi connectivity index (χ4n) is 2.37. The number of rotatable bonds is 6. The number of carboxylic acid groups (broad SMARTS) is 1. The highest BCUT2D eigenvalue weighted by molar-refractivity contribution is 5.86. The third-order valence-corrected chi connectivity index (χ3v) is 3.68. The monoisotopic (exact) mass is 256 g/mol. The number of carboxylic acids is 1. The van der Waals surface area contributed by atoms with Crippen molar-refractivity contribution < 1.29 is 14.7 Å². The van der Waals surface area contributed by atoms with E-state index in [0.717, 1.165) is 25.7 Å². The second-order valence-electron chi connectivity index (χ2n) is 5.56. The number of carbonyl (C=O) groups is 2. The zero-order chi connectivity index (χ0) is 13.7. The summed E-state index contributed by atoms with van der Waals surface area (Å²) < 4.78 is 0. The Hall–Kier alpha value is -1.10. The predicted molar refractivity (Wildman–Crippen MR) is 69.0 cm³/mol. The van der Waals surface area contributed by atoms with Crippen LogP contribution in [0, 0.1) is 11.8 Å². The summed E-state index contributed by atoms with van der Waals surface area (Å²) in [6, 6.07) is -1.44. The standard InChI is InChI=1S/C13H24N2O3/c1-8(2)11(14)12(16)15-10(13(17)18)7-9-5-3-4-6-9/h8-11H,3-7,14H2,1-2H3,(H,15,16)(H,17,18)/t10-,11-/m0/s1. The molecule has 104 valence electrons. The van der Waals surface area contributed by atoms with E-state index in [0.29, 0.717) is 12.3 Å². The first-order chi connectivity index (χ1) is 8.41. The van der Waals surface area contributed by atoms with E-state index in [9.17, 15) is 9.59 Å². The minimum Gasteiger partial charge on any atom is -0.480 e. The van der Waals surface area contributed by atoms with Gasteiger partial charge in [0.2, 0.25) is 5.91 Å². The van der Waals surface area contributed by atoms with E-state index in [1.54, 1.807) is 0 Å². The molecule has 0 spiro atoms. The van der Waals surface area contributed by atoms with Gasteiger partial charge in [0.05, 0.1) is 6.04 Å². The predicted octanol–water partition coefficient (Wildman–Crippen LogP) is 1.12. The van der Waals surface area contributed by atoms with Crippen molar-refractivity contribution in [2.75, 3.05) is 0 Å². The van der Waals surface area contributed by atoms with Crippen molar-refractivity contribution in [3.8, 4) is 0 Å². The first-order valence-corrected chi connectivity index (χ1v) is 6.70. The van der Waals surface area contributed by atoms with Gasteiger partial charge < -0.3 is 16.2 Å². The summed E-state index contributed by atoms with van der Waals surface area (Å²) in [5.74, 6) is -0.908. The SMILES string of the molecule is CC(C)[C@H](N)C(=O)N[C@@H](CC1CCCC1)C(=O)O. The van der Waals surface area contributed by atoms with Crippen molar-refractivity contribution in [1.82, 2.24) is 5.32 Å². The lowest BCUT2D eigenvalue weighted by atomic mass is 9.97. The lowest BCUT2D eigenvalue weighted by Crippen LogP contribution is -2.50. The van der Waals surface area contributed by atoms with E-state index in [1.807, 2.05) is 13.8 Å². The van der Waals surface area contributed by atoms with Crippen LogP contribution in [-0.4, -0.2) is 29.1 Å². The molecule has 1 aliphatic carbocycles. The van der Waals surface area contributed by atoms with Crippen LogP contribution in [0.2, 0.25) is 0 Å². The van der Waals surface area contributed by atoms with E-state index in [1.165, 1.54) is 0 Å². The Bertz CT molecular complexity index is 299. The molecule has 0 radical (unpaired) electrons. The van der Waals surface area contributed by atoms with Crippen LogP contribution in [0.1, 0.15) is 46.0 Å². The summed E-state index contributed by atoms with van der Waals surface area (Å²) in [5, 5.41) is 11.7. The van der Waals surface area contributed by atoms with Gasteiger partial charge >= 0.3 is 5.97 Å². The van der Waals surface area contributed by atoms with Crippen LogP contribution in [0.3, 0.4) is 0 Å². The van der Waals surface area contributed by atoms with E-state index in [-0.39, 0.29) is 11.8 Å². The highest BCUT2D eigenvalue weighted by Gasteiger charge is 2.28. The average Bonchev–Trinajstić information content (AvgIpc) is 2.79. The molecule has 0 saturated heterocycles. The topological polar surface area (TPSA) is 92.4 Å². The molecular formula is C13H24N2O3. The maximum Gasteiger partial charge on any atom is 0.326 e. The molecule has 1 fully saturated rings. The number of amides is 1. The van der Waals surface area contributed by atoms with Crippen LogP contribution < -0.4 is 11.1 Å². The lowest BCUT2D eigenvalue weighted by molar-refractivity contribution is -0.142. The van der Waals surface area contributed by atoms with Crippen molar-refractivity contribution >= 4 is 11.9 Å². The number of carbonyl (C=O) groups excluding carboxylic acids is 1. The second kappa shape index (κ2) is 6.73. The minimum atomic E-state index is -0.966. The van der Waals surface area contributed by atoms with Crippen LogP contribution in [0.15, 0.2) is 0 Å². The Labute approximate surface area is 108 Å². The lowest BCUT2D eigenvalue weighted by Gasteiger charge is -2.21. The Balaban J connectivity index is 2.51. The molecule has 5 heteroatoms. The number of nitrogens with two attached hydrogens (primary N) is 1. The molecule has 0 aromatic carbocycles. The maximum absolute atomic E-state index is 11.8. The zero-order valence-electron chi connectivity index (χ0n) is 11.2. The Morgan fingerprint density at radius 2 is 1.89 bits per heavy atom. The molecule has 5 nitrogen and oxygen atoms in total. The van der Waals surface area contributed by atoms with Crippen LogP contribution >= 0.6 is 0 Å². The fourth-order valence-corrected chi connectivity index (χ4v) is 2.37. The maximum atomic E-state index is 11.8. The normalized spacial score (nSPS) is 19.8. The second-order valence-corrected chi connectivity index (χ2v) is 5.56. The van der Waals surface area contributed by atoms with Crippen molar-refractivity contribution in [2.45, 2.75) is 58.0 Å². The first kappa shape index (κ1) is 15.0.